The number of ether oxygens (including phenoxy) is 1. The maximum atomic E-state index is 13.4. The van der Waals surface area contributed by atoms with E-state index in [0.717, 1.165) is 33.0 Å². The van der Waals surface area contributed by atoms with Gasteiger partial charge in [0.25, 0.3) is 0 Å². The van der Waals surface area contributed by atoms with Gasteiger partial charge < -0.3 is 15.8 Å². The van der Waals surface area contributed by atoms with Crippen LogP contribution in [0.15, 0.2) is 79.1 Å². The van der Waals surface area contributed by atoms with E-state index in [1.165, 1.54) is 0 Å². The lowest BCUT2D eigenvalue weighted by atomic mass is 9.59. The number of nitrogens with two attached hydrogens (primary N) is 1. The number of rotatable bonds is 7. The molecule has 1 unspecified atom stereocenters. The van der Waals surface area contributed by atoms with Gasteiger partial charge in [-0.1, -0.05) is 48.0 Å². The van der Waals surface area contributed by atoms with Crippen LogP contribution in [0.4, 0.5) is 5.69 Å². The van der Waals surface area contributed by atoms with E-state index >= 15 is 0 Å². The molecule has 9 heteroatoms. The highest BCUT2D eigenvalue weighted by Gasteiger charge is 2.35. The molecule has 0 bridgehead atoms. The van der Waals surface area contributed by atoms with Crippen LogP contribution < -0.4 is 11.1 Å². The molecular weight excluding hydrogens is 459 g/mol. The van der Waals surface area contributed by atoms with Gasteiger partial charge in [0.15, 0.2) is 15.7 Å². The van der Waals surface area contributed by atoms with E-state index in [-0.39, 0.29) is 18.4 Å². The van der Waals surface area contributed by atoms with Gasteiger partial charge in [-0.3, -0.25) is 9.78 Å². The summed E-state index contributed by atoms with van der Waals surface area (Å²) in [6.07, 6.45) is 3.51. The van der Waals surface area contributed by atoms with Gasteiger partial charge in [0.2, 0.25) is 5.91 Å². The van der Waals surface area contributed by atoms with Crippen molar-refractivity contribution in [3.05, 3.63) is 107 Å². The Bertz CT molecular complexity index is 1470. The minimum absolute atomic E-state index is 0.126. The molecule has 1 aromatic heterocycles. The molecule has 0 aliphatic heterocycles. The molecule has 4 rings (SSSR count). The van der Waals surface area contributed by atoms with Crippen LogP contribution in [0.3, 0.4) is 0 Å². The molecular formula is C28H30B3N3O3. The fourth-order valence-corrected chi connectivity index (χ4v) is 4.40. The Kier molecular flexibility index (Phi) is 7.28. The maximum Gasteiger partial charge on any atom is 0.337 e. The number of benzene rings is 3. The molecule has 1 atom stereocenters. The van der Waals surface area contributed by atoms with Gasteiger partial charge in [0.05, 0.1) is 16.3 Å². The average molecular weight is 489 g/mol. The van der Waals surface area contributed by atoms with Crippen molar-refractivity contribution in [1.82, 2.24) is 4.98 Å². The van der Waals surface area contributed by atoms with Gasteiger partial charge in [-0.15, -0.1) is 0 Å². The number of hydrogen-bond donors (Lipinski definition) is 2. The zero-order valence-electron chi connectivity index (χ0n) is 22.0. The Morgan fingerprint density at radius 2 is 1.62 bits per heavy atom. The smallest absolute Gasteiger partial charge is 0.337 e. The van der Waals surface area contributed by atoms with Crippen molar-refractivity contribution >= 4 is 51.9 Å². The van der Waals surface area contributed by atoms with Crippen LogP contribution in [0.1, 0.15) is 32.6 Å². The first-order valence-corrected chi connectivity index (χ1v) is 12.3. The van der Waals surface area contributed by atoms with E-state index in [1.54, 1.807) is 18.5 Å². The summed E-state index contributed by atoms with van der Waals surface area (Å²) in [5.41, 5.74) is 10.9. The molecule has 0 saturated heterocycles. The zero-order chi connectivity index (χ0) is 26.8. The van der Waals surface area contributed by atoms with Crippen molar-refractivity contribution in [3.8, 4) is 0 Å². The Balaban J connectivity index is 1.52. The molecule has 0 fully saturated rings. The highest BCUT2D eigenvalue weighted by atomic mass is 16.5. The predicted octanol–water partition coefficient (Wildman–Crippen LogP) is 1.51. The third-order valence-corrected chi connectivity index (χ3v) is 6.97. The van der Waals surface area contributed by atoms with E-state index in [4.69, 9.17) is 10.5 Å². The topological polar surface area (TPSA) is 94.3 Å². The number of carbonyl (C=O) groups excluding carboxylic acids is 2. The van der Waals surface area contributed by atoms with Crippen LogP contribution in [0.2, 0.25) is 0 Å². The third kappa shape index (κ3) is 5.47. The van der Waals surface area contributed by atoms with Gasteiger partial charge in [-0.05, 0) is 60.2 Å². The predicted molar refractivity (Wildman–Crippen MR) is 156 cm³/mol. The molecule has 3 aromatic carbocycles. The van der Waals surface area contributed by atoms with Gasteiger partial charge in [-0.25, -0.2) is 4.79 Å². The molecule has 3 N–H and O–H groups in total. The Morgan fingerprint density at radius 1 is 0.919 bits per heavy atom. The fourth-order valence-electron chi connectivity index (χ4n) is 4.40. The molecule has 4 aromatic rings. The first kappa shape index (κ1) is 26.2. The number of aromatic nitrogens is 1. The molecule has 0 aliphatic rings. The van der Waals surface area contributed by atoms with Gasteiger partial charge in [0.1, 0.15) is 7.85 Å². The van der Waals surface area contributed by atoms with Crippen LogP contribution in [-0.4, -0.2) is 46.9 Å². The average Bonchev–Trinajstić information content (AvgIpc) is 2.87. The minimum Gasteiger partial charge on any atom is -0.470 e. The number of anilines is 1. The summed E-state index contributed by atoms with van der Waals surface area (Å²) in [7, 11) is 5.54. The monoisotopic (exact) mass is 489 g/mol. The van der Waals surface area contributed by atoms with Crippen LogP contribution in [0, 0.1) is 13.8 Å². The molecule has 6 nitrogen and oxygen atoms in total. The largest absolute Gasteiger partial charge is 0.470 e. The lowest BCUT2D eigenvalue weighted by molar-refractivity contribution is -0.118. The van der Waals surface area contributed by atoms with E-state index < -0.39 is 10.7 Å². The van der Waals surface area contributed by atoms with Crippen molar-refractivity contribution in [1.29, 1.82) is 0 Å². The van der Waals surface area contributed by atoms with Crippen LogP contribution in [0.25, 0.3) is 10.8 Å². The molecule has 1 heterocycles. The number of amides is 1. The lowest BCUT2D eigenvalue weighted by Crippen LogP contribution is -2.47. The highest BCUT2D eigenvalue weighted by molar-refractivity contribution is 6.39. The zero-order valence-corrected chi connectivity index (χ0v) is 22.0. The SMILES string of the molecule is BC(B)(OC(=O)c1ccc(C)cc1C)c1ccc(C(B)(CN)C(=O)Nc2ccc3cnccc3c2)cc1. The van der Waals surface area contributed by atoms with Crippen molar-refractivity contribution in [2.45, 2.75) is 24.6 Å². The summed E-state index contributed by atoms with van der Waals surface area (Å²) in [5.74, 6) is -0.569. The van der Waals surface area contributed by atoms with Gasteiger partial charge in [-0.2, -0.15) is 0 Å². The van der Waals surface area contributed by atoms with E-state index in [2.05, 4.69) is 10.3 Å². The minimum atomic E-state index is -0.953. The quantitative estimate of drug-likeness (QED) is 0.304. The van der Waals surface area contributed by atoms with Crippen LogP contribution in [0.5, 0.6) is 0 Å². The molecule has 37 heavy (non-hydrogen) atoms. The Labute approximate surface area is 220 Å². The Hall–Kier alpha value is -3.84. The van der Waals surface area contributed by atoms with E-state index in [1.807, 2.05) is 98.0 Å². The summed E-state index contributed by atoms with van der Waals surface area (Å²) >= 11 is 0. The Morgan fingerprint density at radius 3 is 2.30 bits per heavy atom. The second-order valence-corrected chi connectivity index (χ2v) is 10.2. The maximum absolute atomic E-state index is 13.4. The highest BCUT2D eigenvalue weighted by Crippen LogP contribution is 2.27. The number of nitrogens with zero attached hydrogens (tertiary/aromatic N) is 1. The van der Waals surface area contributed by atoms with Gasteiger partial charge in [0, 0.05) is 30.0 Å². The summed E-state index contributed by atoms with van der Waals surface area (Å²) in [6, 6.07) is 20.8. The summed E-state index contributed by atoms with van der Waals surface area (Å²) in [5, 5.41) is 3.18. The third-order valence-electron chi connectivity index (χ3n) is 6.97. The normalized spacial score (nSPS) is 13.1. The molecule has 1 amide bonds. The van der Waals surface area contributed by atoms with Crippen LogP contribution in [-0.2, 0) is 20.2 Å². The first-order valence-electron chi connectivity index (χ1n) is 12.3. The van der Waals surface area contributed by atoms with Crippen molar-refractivity contribution < 1.29 is 14.3 Å². The lowest BCUT2D eigenvalue weighted by Gasteiger charge is -2.30. The fraction of sp³-hybridized carbons (Fsp3) is 0.179. The summed E-state index contributed by atoms with van der Waals surface area (Å²) in [4.78, 5) is 30.4. The van der Waals surface area contributed by atoms with E-state index in [0.29, 0.717) is 11.3 Å². The second kappa shape index (κ2) is 10.3. The number of esters is 1. The number of pyridine rings is 1. The van der Waals surface area contributed by atoms with Crippen molar-refractivity contribution in [2.75, 3.05) is 11.9 Å². The number of nitrogens with one attached hydrogen (secondary N) is 1. The van der Waals surface area contributed by atoms with Crippen molar-refractivity contribution in [2.24, 2.45) is 5.73 Å². The first-order chi connectivity index (χ1) is 17.5. The van der Waals surface area contributed by atoms with Crippen LogP contribution >= 0.6 is 0 Å². The van der Waals surface area contributed by atoms with E-state index in [9.17, 15) is 9.59 Å². The number of aryl methyl sites for hydroxylation is 2. The summed E-state index contributed by atoms with van der Waals surface area (Å²) < 4.78 is 5.90. The van der Waals surface area contributed by atoms with Crippen molar-refractivity contribution in [3.63, 3.8) is 0 Å². The number of carbonyl (C=O) groups is 2. The number of fused-ring (bicyclic) bond motifs is 1. The molecule has 0 spiro atoms. The second-order valence-electron chi connectivity index (χ2n) is 10.2. The number of hydrogen-bond acceptors (Lipinski definition) is 5. The molecule has 0 radical (unpaired) electrons. The van der Waals surface area contributed by atoms with Gasteiger partial charge >= 0.3 is 5.97 Å². The molecule has 0 saturated carbocycles. The molecule has 184 valence electrons. The molecule has 0 aliphatic carbocycles. The summed E-state index contributed by atoms with van der Waals surface area (Å²) in [6.45, 7) is 4.02. The standard InChI is InChI=1S/C28H30B3N3O3/c1-17-3-10-24(18(2)13-17)25(35)37-28(30,31)22-7-5-21(6-8-22)27(29,16-32)26(36)34-23-9-4-20-15-33-12-11-19(20)14-23/h3-15H,16,29-32H2,1-2H3,(H,34,36).